The van der Waals surface area contributed by atoms with Crippen molar-refractivity contribution in [3.63, 3.8) is 0 Å². The summed E-state index contributed by atoms with van der Waals surface area (Å²) in [6.45, 7) is 2.06. The quantitative estimate of drug-likeness (QED) is 0.759. The minimum Gasteiger partial charge on any atom is -0.348 e. The van der Waals surface area contributed by atoms with Gasteiger partial charge in [0.15, 0.2) is 0 Å². The van der Waals surface area contributed by atoms with Crippen LogP contribution in [0.4, 0.5) is 0 Å². The van der Waals surface area contributed by atoms with Crippen LogP contribution in [-0.2, 0) is 17.9 Å². The van der Waals surface area contributed by atoms with E-state index in [1.807, 2.05) is 23.2 Å². The molecule has 1 aliphatic rings. The van der Waals surface area contributed by atoms with Gasteiger partial charge < -0.3 is 15.2 Å². The van der Waals surface area contributed by atoms with Crippen LogP contribution >= 0.6 is 0 Å². The number of hydrogen-bond donors (Lipinski definition) is 2. The first-order valence-corrected chi connectivity index (χ1v) is 8.25. The highest BCUT2D eigenvalue weighted by atomic mass is 16.2. The van der Waals surface area contributed by atoms with E-state index in [0.29, 0.717) is 19.5 Å². The molecule has 0 radical (unpaired) electrons. The van der Waals surface area contributed by atoms with E-state index >= 15 is 0 Å². The van der Waals surface area contributed by atoms with Crippen molar-refractivity contribution in [1.82, 2.24) is 20.2 Å². The SMILES string of the molecule is O=C1CC(NCc2ncc[nH]2)CN1Cc1cccc2ccccc12. The van der Waals surface area contributed by atoms with Crippen LogP contribution in [0.1, 0.15) is 17.8 Å². The largest absolute Gasteiger partial charge is 0.348 e. The number of carbonyl (C=O) groups is 1. The number of fused-ring (bicyclic) bond motifs is 1. The third-order valence-electron chi connectivity index (χ3n) is 4.57. The molecule has 0 saturated carbocycles. The van der Waals surface area contributed by atoms with E-state index in [9.17, 15) is 4.79 Å². The maximum Gasteiger partial charge on any atom is 0.224 e. The topological polar surface area (TPSA) is 61.0 Å². The number of aromatic nitrogens is 2. The fourth-order valence-electron chi connectivity index (χ4n) is 3.33. The molecule has 3 aromatic rings. The van der Waals surface area contributed by atoms with Crippen molar-refractivity contribution < 1.29 is 4.79 Å². The minimum absolute atomic E-state index is 0.178. The maximum absolute atomic E-state index is 12.3. The Morgan fingerprint density at radius 1 is 1.21 bits per heavy atom. The van der Waals surface area contributed by atoms with Crippen LogP contribution in [0.3, 0.4) is 0 Å². The Bertz CT molecular complexity index is 838. The fraction of sp³-hybridized carbons (Fsp3) is 0.263. The summed E-state index contributed by atoms with van der Waals surface area (Å²) in [6.07, 6.45) is 4.10. The molecule has 2 aromatic carbocycles. The van der Waals surface area contributed by atoms with Gasteiger partial charge in [-0.3, -0.25) is 4.79 Å². The zero-order chi connectivity index (χ0) is 16.4. The van der Waals surface area contributed by atoms with Gasteiger partial charge in [-0.1, -0.05) is 42.5 Å². The van der Waals surface area contributed by atoms with E-state index in [1.165, 1.54) is 16.3 Å². The molecule has 1 unspecified atom stereocenters. The normalized spacial score (nSPS) is 17.8. The Morgan fingerprint density at radius 3 is 2.96 bits per heavy atom. The lowest BCUT2D eigenvalue weighted by atomic mass is 10.0. The number of rotatable bonds is 5. The molecule has 5 nitrogen and oxygen atoms in total. The van der Waals surface area contributed by atoms with Crippen molar-refractivity contribution >= 4 is 16.7 Å². The van der Waals surface area contributed by atoms with Crippen LogP contribution in [0.5, 0.6) is 0 Å². The van der Waals surface area contributed by atoms with Gasteiger partial charge in [0.1, 0.15) is 5.82 Å². The first-order chi connectivity index (χ1) is 11.8. The molecule has 1 fully saturated rings. The highest BCUT2D eigenvalue weighted by Gasteiger charge is 2.29. The van der Waals surface area contributed by atoms with Crippen molar-refractivity contribution in [2.24, 2.45) is 0 Å². The van der Waals surface area contributed by atoms with E-state index in [1.54, 1.807) is 6.20 Å². The highest BCUT2D eigenvalue weighted by molar-refractivity contribution is 5.86. The number of aromatic amines is 1. The lowest BCUT2D eigenvalue weighted by Gasteiger charge is -2.18. The second kappa shape index (κ2) is 6.45. The van der Waals surface area contributed by atoms with Gasteiger partial charge in [0.05, 0.1) is 6.54 Å². The number of imidazole rings is 1. The second-order valence-electron chi connectivity index (χ2n) is 6.23. The molecular weight excluding hydrogens is 300 g/mol. The summed E-state index contributed by atoms with van der Waals surface area (Å²) in [5, 5.41) is 5.85. The molecule has 0 bridgehead atoms. The summed E-state index contributed by atoms with van der Waals surface area (Å²) >= 11 is 0. The molecule has 1 saturated heterocycles. The molecule has 1 aromatic heterocycles. The monoisotopic (exact) mass is 320 g/mol. The van der Waals surface area contributed by atoms with Crippen molar-refractivity contribution in [3.8, 4) is 0 Å². The summed E-state index contributed by atoms with van der Waals surface area (Å²) < 4.78 is 0. The second-order valence-corrected chi connectivity index (χ2v) is 6.23. The Kier molecular flexibility index (Phi) is 4.01. The predicted octanol–water partition coefficient (Wildman–Crippen LogP) is 2.45. The van der Waals surface area contributed by atoms with Crippen molar-refractivity contribution in [3.05, 3.63) is 66.2 Å². The summed E-state index contributed by atoms with van der Waals surface area (Å²) in [4.78, 5) is 21.6. The Morgan fingerprint density at radius 2 is 2.08 bits per heavy atom. The van der Waals surface area contributed by atoms with Gasteiger partial charge in [-0.15, -0.1) is 0 Å². The Balaban J connectivity index is 1.44. The number of nitrogens with one attached hydrogen (secondary N) is 2. The molecule has 2 N–H and O–H groups in total. The molecule has 0 aliphatic carbocycles. The number of H-pyrrole nitrogens is 1. The van der Waals surface area contributed by atoms with Crippen molar-refractivity contribution in [2.75, 3.05) is 6.54 Å². The van der Waals surface area contributed by atoms with Gasteiger partial charge in [0, 0.05) is 37.9 Å². The van der Waals surface area contributed by atoms with E-state index < -0.39 is 0 Å². The number of amides is 1. The summed E-state index contributed by atoms with van der Waals surface area (Å²) in [6, 6.07) is 14.8. The van der Waals surface area contributed by atoms with Crippen LogP contribution in [0, 0.1) is 0 Å². The van der Waals surface area contributed by atoms with Crippen molar-refractivity contribution in [1.29, 1.82) is 0 Å². The highest BCUT2D eigenvalue weighted by Crippen LogP contribution is 2.22. The molecule has 122 valence electrons. The van der Waals surface area contributed by atoms with Gasteiger partial charge in [-0.05, 0) is 16.3 Å². The average molecular weight is 320 g/mol. The predicted molar refractivity (Wildman–Crippen MR) is 93.2 cm³/mol. The third kappa shape index (κ3) is 3.03. The number of benzene rings is 2. The van der Waals surface area contributed by atoms with Crippen LogP contribution in [0.25, 0.3) is 10.8 Å². The van der Waals surface area contributed by atoms with E-state index in [-0.39, 0.29) is 11.9 Å². The molecule has 1 amide bonds. The first kappa shape index (κ1) is 14.9. The smallest absolute Gasteiger partial charge is 0.224 e. The summed E-state index contributed by atoms with van der Waals surface area (Å²) in [5.74, 6) is 1.11. The molecule has 0 spiro atoms. The van der Waals surface area contributed by atoms with Crippen LogP contribution in [-0.4, -0.2) is 33.4 Å². The number of nitrogens with zero attached hydrogens (tertiary/aromatic N) is 2. The minimum atomic E-state index is 0.178. The maximum atomic E-state index is 12.3. The lowest BCUT2D eigenvalue weighted by Crippen LogP contribution is -2.32. The Hall–Kier alpha value is -2.66. The Labute approximate surface area is 140 Å². The lowest BCUT2D eigenvalue weighted by molar-refractivity contribution is -0.128. The molecule has 2 heterocycles. The standard InChI is InChI=1S/C19H20N4O/c24-19-10-16(22-11-18-20-8-9-21-18)13-23(19)12-15-6-3-5-14-4-1-2-7-17(14)15/h1-9,16,22H,10-13H2,(H,20,21). The molecule has 4 rings (SSSR count). The van der Waals surface area contributed by atoms with Crippen LogP contribution in [0.15, 0.2) is 54.9 Å². The van der Waals surface area contributed by atoms with E-state index in [2.05, 4.69) is 45.6 Å². The summed E-state index contributed by atoms with van der Waals surface area (Å²) in [7, 11) is 0. The van der Waals surface area contributed by atoms with Crippen molar-refractivity contribution in [2.45, 2.75) is 25.6 Å². The van der Waals surface area contributed by atoms with Gasteiger partial charge in [0.2, 0.25) is 5.91 Å². The van der Waals surface area contributed by atoms with Crippen LogP contribution in [0.2, 0.25) is 0 Å². The zero-order valence-corrected chi connectivity index (χ0v) is 13.4. The molecule has 1 aliphatic heterocycles. The molecule has 24 heavy (non-hydrogen) atoms. The van der Waals surface area contributed by atoms with Gasteiger partial charge in [-0.25, -0.2) is 4.98 Å². The van der Waals surface area contributed by atoms with Gasteiger partial charge >= 0.3 is 0 Å². The van der Waals surface area contributed by atoms with Crippen LogP contribution < -0.4 is 5.32 Å². The average Bonchev–Trinajstić information content (AvgIpc) is 3.24. The van der Waals surface area contributed by atoms with E-state index in [4.69, 9.17) is 0 Å². The first-order valence-electron chi connectivity index (χ1n) is 8.25. The van der Waals surface area contributed by atoms with Gasteiger partial charge in [0.25, 0.3) is 0 Å². The number of likely N-dealkylation sites (tertiary alicyclic amines) is 1. The molecule has 1 atom stereocenters. The molecule has 5 heteroatoms. The van der Waals surface area contributed by atoms with Gasteiger partial charge in [-0.2, -0.15) is 0 Å². The third-order valence-corrected chi connectivity index (χ3v) is 4.57. The number of carbonyl (C=O) groups excluding carboxylic acids is 1. The zero-order valence-electron chi connectivity index (χ0n) is 13.4. The number of hydrogen-bond acceptors (Lipinski definition) is 3. The fourth-order valence-corrected chi connectivity index (χ4v) is 3.33. The molecular formula is C19H20N4O. The van der Waals surface area contributed by atoms with E-state index in [0.717, 1.165) is 12.4 Å². The summed E-state index contributed by atoms with van der Waals surface area (Å²) in [5.41, 5.74) is 1.20.